The molecule has 0 fully saturated rings. The van der Waals surface area contributed by atoms with E-state index in [4.69, 9.17) is 19.7 Å². The standard InChI is InChI=1S/C38H43N5O2S/c1-25-11-9-12-26(2)35(25)33-20-34-41-37(40-33)42-46-32-16-10-15-28(19-32)36(44)43(31(24-45-34)21-38(3,4)5)23-30-18-17-29(22-39-30)27-13-7-6-8-14-27/h9-13,15-20,22,31H,6-8,14,21,23-24H2,1-5H3,(H,40,41,42)/t31-/m1/s1. The molecule has 1 amide bonds. The highest BCUT2D eigenvalue weighted by Gasteiger charge is 2.31. The predicted octanol–water partition coefficient (Wildman–Crippen LogP) is 9.07. The van der Waals surface area contributed by atoms with Crippen molar-refractivity contribution < 1.29 is 9.53 Å². The van der Waals surface area contributed by atoms with Gasteiger partial charge < -0.3 is 9.64 Å². The van der Waals surface area contributed by atoms with Gasteiger partial charge in [0.05, 0.1) is 24.0 Å². The molecule has 2 aromatic carbocycles. The van der Waals surface area contributed by atoms with Crippen LogP contribution in [0.2, 0.25) is 0 Å². The Labute approximate surface area is 277 Å². The average Bonchev–Trinajstić information content (AvgIpc) is 3.04. The number of nitrogens with zero attached hydrogens (tertiary/aromatic N) is 4. The van der Waals surface area contributed by atoms with Crippen molar-refractivity contribution in [1.82, 2.24) is 19.9 Å². The zero-order valence-corrected chi connectivity index (χ0v) is 28.3. The third kappa shape index (κ3) is 7.61. The summed E-state index contributed by atoms with van der Waals surface area (Å²) in [5.41, 5.74) is 8.08. The van der Waals surface area contributed by atoms with Crippen molar-refractivity contribution in [2.75, 3.05) is 11.3 Å². The van der Waals surface area contributed by atoms with Crippen molar-refractivity contribution in [3.8, 4) is 17.1 Å². The Morgan fingerprint density at radius 1 is 0.978 bits per heavy atom. The van der Waals surface area contributed by atoms with Crippen LogP contribution in [-0.2, 0) is 6.54 Å². The lowest BCUT2D eigenvalue weighted by atomic mass is 9.87. The first-order valence-electron chi connectivity index (χ1n) is 16.2. The number of carbonyl (C=O) groups is 1. The Morgan fingerprint density at radius 2 is 1.78 bits per heavy atom. The quantitative estimate of drug-likeness (QED) is 0.220. The fourth-order valence-corrected chi connectivity index (χ4v) is 6.98. The molecule has 2 aromatic heterocycles. The lowest BCUT2D eigenvalue weighted by molar-refractivity contribution is 0.0509. The molecule has 238 valence electrons. The maximum absolute atomic E-state index is 14.4. The molecule has 8 heteroatoms. The number of aryl methyl sites for hydroxylation is 2. The van der Waals surface area contributed by atoms with Crippen LogP contribution in [0.1, 0.15) is 85.6 Å². The summed E-state index contributed by atoms with van der Waals surface area (Å²) in [6, 6.07) is 19.9. The zero-order valence-electron chi connectivity index (χ0n) is 27.5. The number of rotatable bonds is 5. The molecular formula is C38H43N5O2S. The molecule has 1 atom stereocenters. The van der Waals surface area contributed by atoms with Crippen molar-refractivity contribution >= 4 is 29.4 Å². The van der Waals surface area contributed by atoms with Crippen LogP contribution in [0.4, 0.5) is 5.95 Å². The first-order valence-corrected chi connectivity index (χ1v) is 17.0. The Balaban J connectivity index is 1.39. The Hall–Kier alpha value is -4.17. The normalized spacial score (nSPS) is 17.2. The highest BCUT2D eigenvalue weighted by atomic mass is 32.2. The van der Waals surface area contributed by atoms with E-state index in [1.165, 1.54) is 35.9 Å². The molecule has 0 saturated carbocycles. The number of pyridine rings is 1. The number of carbonyl (C=O) groups excluding carboxylic acids is 1. The number of hydrogen-bond acceptors (Lipinski definition) is 7. The number of aromatic nitrogens is 3. The second-order valence-electron chi connectivity index (χ2n) is 13.6. The Bertz CT molecular complexity index is 1720. The van der Waals surface area contributed by atoms with Gasteiger partial charge in [-0.25, -0.2) is 4.98 Å². The van der Waals surface area contributed by atoms with E-state index >= 15 is 0 Å². The van der Waals surface area contributed by atoms with Crippen LogP contribution in [0, 0.1) is 19.3 Å². The topological polar surface area (TPSA) is 80.2 Å². The molecule has 4 aromatic rings. The third-order valence-corrected chi connectivity index (χ3v) is 9.35. The van der Waals surface area contributed by atoms with Crippen LogP contribution in [-0.4, -0.2) is 38.4 Å². The average molecular weight is 634 g/mol. The van der Waals surface area contributed by atoms with E-state index in [2.05, 4.69) is 75.7 Å². The lowest BCUT2D eigenvalue weighted by Gasteiger charge is -2.35. The van der Waals surface area contributed by atoms with Gasteiger partial charge in [0.2, 0.25) is 11.8 Å². The van der Waals surface area contributed by atoms with Gasteiger partial charge in [0, 0.05) is 28.3 Å². The molecular weight excluding hydrogens is 591 g/mol. The predicted molar refractivity (Wildman–Crippen MR) is 187 cm³/mol. The Kier molecular flexibility index (Phi) is 9.45. The first kappa shape index (κ1) is 31.8. The summed E-state index contributed by atoms with van der Waals surface area (Å²) in [7, 11) is 0. The van der Waals surface area contributed by atoms with Gasteiger partial charge in [-0.15, -0.1) is 0 Å². The van der Waals surface area contributed by atoms with Crippen LogP contribution >= 0.6 is 11.9 Å². The maximum Gasteiger partial charge on any atom is 0.254 e. The highest BCUT2D eigenvalue weighted by molar-refractivity contribution is 8.00. The number of fused-ring (bicyclic) bond motifs is 4. The monoisotopic (exact) mass is 633 g/mol. The summed E-state index contributed by atoms with van der Waals surface area (Å²) in [6.07, 6.45) is 9.73. The lowest BCUT2D eigenvalue weighted by Crippen LogP contribution is -2.45. The van der Waals surface area contributed by atoms with Crippen LogP contribution < -0.4 is 9.46 Å². The van der Waals surface area contributed by atoms with E-state index in [0.29, 0.717) is 23.9 Å². The molecule has 2 aliphatic rings. The number of benzene rings is 2. The smallest absolute Gasteiger partial charge is 0.254 e. The van der Waals surface area contributed by atoms with E-state index in [-0.39, 0.29) is 24.0 Å². The number of hydrogen-bond donors (Lipinski definition) is 1. The molecule has 1 N–H and O–H groups in total. The third-order valence-electron chi connectivity index (χ3n) is 8.57. The van der Waals surface area contributed by atoms with Crippen LogP contribution in [0.5, 0.6) is 5.88 Å². The van der Waals surface area contributed by atoms with Gasteiger partial charge >= 0.3 is 0 Å². The molecule has 0 unspecified atom stereocenters. The minimum atomic E-state index is -0.234. The van der Waals surface area contributed by atoms with Gasteiger partial charge in [0.15, 0.2) is 0 Å². The number of anilines is 1. The molecule has 1 aliphatic carbocycles. The van der Waals surface area contributed by atoms with Gasteiger partial charge in [0.25, 0.3) is 5.91 Å². The number of amides is 1. The van der Waals surface area contributed by atoms with E-state index in [1.54, 1.807) is 0 Å². The van der Waals surface area contributed by atoms with Crippen molar-refractivity contribution in [3.63, 3.8) is 0 Å². The van der Waals surface area contributed by atoms with Gasteiger partial charge in [-0.2, -0.15) is 4.98 Å². The van der Waals surface area contributed by atoms with Crippen LogP contribution in [0.25, 0.3) is 16.8 Å². The number of allylic oxidation sites excluding steroid dienone is 2. The molecule has 1 aliphatic heterocycles. The minimum Gasteiger partial charge on any atom is -0.475 e. The minimum absolute atomic E-state index is 0.0468. The van der Waals surface area contributed by atoms with E-state index < -0.39 is 0 Å². The molecule has 0 saturated heterocycles. The second-order valence-corrected chi connectivity index (χ2v) is 14.5. The second kappa shape index (κ2) is 13.7. The highest BCUT2D eigenvalue weighted by Crippen LogP contribution is 2.33. The fourth-order valence-electron chi connectivity index (χ4n) is 6.35. The van der Waals surface area contributed by atoms with Crippen molar-refractivity contribution in [2.24, 2.45) is 5.41 Å². The fraction of sp³-hybridized carbons (Fsp3) is 0.368. The summed E-state index contributed by atoms with van der Waals surface area (Å²) in [4.78, 5) is 31.7. The van der Waals surface area contributed by atoms with Crippen molar-refractivity contribution in [2.45, 2.75) is 84.2 Å². The van der Waals surface area contributed by atoms with Gasteiger partial charge in [0.1, 0.15) is 6.61 Å². The molecule has 7 nitrogen and oxygen atoms in total. The SMILES string of the molecule is Cc1cccc(C)c1-c1cc2nc(n1)NSc1cccc(c1)C(=O)N(Cc1ccc(C3=CCCCC3)cn1)[C@H](CC(C)(C)C)CO2. The van der Waals surface area contributed by atoms with E-state index in [0.717, 1.165) is 52.2 Å². The zero-order chi connectivity index (χ0) is 32.3. The van der Waals surface area contributed by atoms with E-state index in [9.17, 15) is 4.79 Å². The summed E-state index contributed by atoms with van der Waals surface area (Å²) in [5.74, 6) is 0.878. The molecule has 0 spiro atoms. The summed E-state index contributed by atoms with van der Waals surface area (Å²) >= 11 is 1.38. The molecule has 6 rings (SSSR count). The summed E-state index contributed by atoms with van der Waals surface area (Å²) in [5, 5.41) is 0. The van der Waals surface area contributed by atoms with Crippen LogP contribution in [0.15, 0.2) is 77.8 Å². The summed E-state index contributed by atoms with van der Waals surface area (Å²) < 4.78 is 9.82. The molecule has 4 bridgehead atoms. The molecule has 3 heterocycles. The van der Waals surface area contributed by atoms with Gasteiger partial charge in [-0.3, -0.25) is 14.5 Å². The molecule has 46 heavy (non-hydrogen) atoms. The van der Waals surface area contributed by atoms with Crippen molar-refractivity contribution in [1.29, 1.82) is 0 Å². The molecule has 0 radical (unpaired) electrons. The summed E-state index contributed by atoms with van der Waals surface area (Å²) in [6.45, 7) is 11.4. The number of nitrogens with one attached hydrogen (secondary N) is 1. The first-order chi connectivity index (χ1) is 22.1. The number of ether oxygens (including phenoxy) is 1. The Morgan fingerprint density at radius 3 is 2.50 bits per heavy atom. The maximum atomic E-state index is 14.4. The largest absolute Gasteiger partial charge is 0.475 e. The van der Waals surface area contributed by atoms with E-state index in [1.807, 2.05) is 41.4 Å². The van der Waals surface area contributed by atoms with Gasteiger partial charge in [-0.05, 0) is 110 Å². The van der Waals surface area contributed by atoms with Gasteiger partial charge in [-0.1, -0.05) is 57.2 Å². The van der Waals surface area contributed by atoms with Crippen LogP contribution in [0.3, 0.4) is 0 Å². The van der Waals surface area contributed by atoms with Crippen molar-refractivity contribution in [3.05, 3.63) is 101 Å².